The van der Waals surface area contributed by atoms with Crippen LogP contribution in [0.25, 0.3) is 0 Å². The number of ether oxygens (including phenoxy) is 11. The van der Waals surface area contributed by atoms with Crippen LogP contribution in [0.2, 0.25) is 0 Å². The predicted molar refractivity (Wildman–Crippen MR) is 400 cm³/mol. The van der Waals surface area contributed by atoms with Gasteiger partial charge >= 0.3 is 0 Å². The molecule has 1 aliphatic heterocycles. The van der Waals surface area contributed by atoms with Crippen LogP contribution < -0.4 is 9.47 Å². The van der Waals surface area contributed by atoms with Crippen molar-refractivity contribution in [3.05, 3.63) is 239 Å². The SMILES string of the molecule is CCCCCCCCCCCCCC[C@@H](OCc1ccc(OC)cc1)[C@@H](OCc1ccc(OC)cc1)[C@H](CO[C@H]1OC(COCc2ccccc2)[C@H](OCc2ccccc2)[C@@H](OCc2ccccc2)[C@@H]1OCc1ccccc1)CC(=O)CCCCCCCCCCCOCc1ccccc1. The first-order chi connectivity index (χ1) is 49.4. The Morgan fingerprint density at radius 1 is 0.380 bits per heavy atom. The molecule has 1 unspecified atom stereocenters. The number of ketones is 1. The van der Waals surface area contributed by atoms with Gasteiger partial charge in [0.1, 0.15) is 41.7 Å². The van der Waals surface area contributed by atoms with E-state index >= 15 is 4.79 Å². The lowest BCUT2D eigenvalue weighted by atomic mass is 9.89. The van der Waals surface area contributed by atoms with Gasteiger partial charge in [-0.05, 0) is 82.5 Å². The van der Waals surface area contributed by atoms with Crippen molar-refractivity contribution in [2.24, 2.45) is 5.92 Å². The summed E-state index contributed by atoms with van der Waals surface area (Å²) in [5, 5.41) is 0. The van der Waals surface area contributed by atoms with Crippen LogP contribution in [0.4, 0.5) is 0 Å². The van der Waals surface area contributed by atoms with Gasteiger partial charge in [0.05, 0.1) is 85.9 Å². The third-order valence-electron chi connectivity index (χ3n) is 19.1. The number of benzene rings is 7. The Morgan fingerprint density at radius 3 is 1.24 bits per heavy atom. The number of Topliss-reactive ketones (excluding diaryl/α,β-unsaturated/α-hetero) is 1. The third-order valence-corrected chi connectivity index (χ3v) is 19.1. The van der Waals surface area contributed by atoms with E-state index in [9.17, 15) is 0 Å². The van der Waals surface area contributed by atoms with Crippen molar-refractivity contribution in [2.75, 3.05) is 34.0 Å². The van der Waals surface area contributed by atoms with Crippen molar-refractivity contribution in [3.8, 4) is 11.5 Å². The van der Waals surface area contributed by atoms with Gasteiger partial charge in [-0.15, -0.1) is 0 Å². The predicted octanol–water partition coefficient (Wildman–Crippen LogP) is 20.7. The van der Waals surface area contributed by atoms with Gasteiger partial charge in [0, 0.05) is 25.4 Å². The molecule has 0 radical (unpaired) electrons. The van der Waals surface area contributed by atoms with Crippen LogP contribution in [0.15, 0.2) is 200 Å². The Balaban J connectivity index is 1.07. The molecule has 1 saturated heterocycles. The highest BCUT2D eigenvalue weighted by molar-refractivity contribution is 5.78. The average molecular weight is 1370 g/mol. The molecule has 0 spiro atoms. The Labute approximate surface area is 600 Å². The second kappa shape index (κ2) is 49.1. The summed E-state index contributed by atoms with van der Waals surface area (Å²) in [6.07, 6.45) is 21.3. The Bertz CT molecular complexity index is 3120. The fourth-order valence-corrected chi connectivity index (χ4v) is 13.2. The Morgan fingerprint density at radius 2 is 0.770 bits per heavy atom. The average Bonchev–Trinajstić information content (AvgIpc) is 0.787. The zero-order valence-corrected chi connectivity index (χ0v) is 60.6. The smallest absolute Gasteiger partial charge is 0.186 e. The summed E-state index contributed by atoms with van der Waals surface area (Å²) in [6.45, 7) is 5.82. The fraction of sp³-hybridized carbons (Fsp3) is 0.511. The molecule has 8 atom stereocenters. The molecular formula is C88H118O12. The van der Waals surface area contributed by atoms with E-state index in [4.69, 9.17) is 52.1 Å². The number of unbranched alkanes of at least 4 members (excludes halogenated alkanes) is 19. The lowest BCUT2D eigenvalue weighted by Crippen LogP contribution is -2.62. The van der Waals surface area contributed by atoms with Gasteiger partial charge in [-0.1, -0.05) is 305 Å². The van der Waals surface area contributed by atoms with Crippen molar-refractivity contribution in [1.29, 1.82) is 0 Å². The summed E-state index contributed by atoms with van der Waals surface area (Å²) in [5.74, 6) is 1.24. The Hall–Kier alpha value is -6.55. The maximum absolute atomic E-state index is 15.1. The van der Waals surface area contributed by atoms with Gasteiger partial charge < -0.3 is 52.1 Å². The maximum Gasteiger partial charge on any atom is 0.186 e. The lowest BCUT2D eigenvalue weighted by molar-refractivity contribution is -0.331. The van der Waals surface area contributed by atoms with Crippen molar-refractivity contribution < 1.29 is 56.9 Å². The van der Waals surface area contributed by atoms with Gasteiger partial charge in [0.2, 0.25) is 0 Å². The molecule has 0 aromatic heterocycles. The van der Waals surface area contributed by atoms with E-state index in [1.807, 2.05) is 115 Å². The molecule has 12 heteroatoms. The van der Waals surface area contributed by atoms with Crippen LogP contribution in [0.5, 0.6) is 11.5 Å². The van der Waals surface area contributed by atoms with Crippen molar-refractivity contribution in [2.45, 2.75) is 250 Å². The fourth-order valence-electron chi connectivity index (χ4n) is 13.2. The molecule has 1 fully saturated rings. The topological polar surface area (TPSA) is 119 Å². The van der Waals surface area contributed by atoms with Gasteiger partial charge in [-0.2, -0.15) is 0 Å². The van der Waals surface area contributed by atoms with Crippen molar-refractivity contribution in [3.63, 3.8) is 0 Å². The monoisotopic (exact) mass is 1370 g/mol. The van der Waals surface area contributed by atoms with Crippen LogP contribution in [0.1, 0.15) is 200 Å². The van der Waals surface area contributed by atoms with Crippen LogP contribution >= 0.6 is 0 Å². The molecule has 7 aromatic carbocycles. The zero-order chi connectivity index (χ0) is 69.5. The van der Waals surface area contributed by atoms with Crippen LogP contribution in [0, 0.1) is 5.92 Å². The van der Waals surface area contributed by atoms with E-state index in [0.29, 0.717) is 32.8 Å². The van der Waals surface area contributed by atoms with Crippen LogP contribution in [-0.4, -0.2) is 82.7 Å². The minimum atomic E-state index is -1.01. The maximum atomic E-state index is 15.1. The minimum absolute atomic E-state index is 0.0907. The van der Waals surface area contributed by atoms with E-state index < -0.39 is 48.8 Å². The second-order valence-corrected chi connectivity index (χ2v) is 27.1. The molecule has 0 aliphatic carbocycles. The molecule has 1 heterocycles. The Kier molecular flexibility index (Phi) is 38.9. The zero-order valence-electron chi connectivity index (χ0n) is 60.6. The highest BCUT2D eigenvalue weighted by atomic mass is 16.7. The number of methoxy groups -OCH3 is 2. The van der Waals surface area contributed by atoms with Crippen molar-refractivity contribution in [1.82, 2.24) is 0 Å². The van der Waals surface area contributed by atoms with Gasteiger partial charge in [0.15, 0.2) is 6.29 Å². The van der Waals surface area contributed by atoms with E-state index in [2.05, 4.69) is 91.9 Å². The van der Waals surface area contributed by atoms with Gasteiger partial charge in [-0.25, -0.2) is 0 Å². The normalized spacial score (nSPS) is 17.0. The molecule has 0 N–H and O–H groups in total. The first-order valence-electron chi connectivity index (χ1n) is 37.9. The number of carbonyl (C=O) groups is 1. The highest BCUT2D eigenvalue weighted by Gasteiger charge is 2.50. The molecule has 542 valence electrons. The standard InChI is InChI=1S/C88H118O12/c1-4-5-6-7-8-9-10-11-14-17-20-38-51-82(94-64-76-52-56-80(90-2)57-53-76)84(95-68-77-54-58-81(91-3)59-55-77)78(61-79(89)50-37-19-16-13-12-15-18-21-39-60-92-62-71-40-27-22-28-41-71)69-99-88-87(98-67-75-48-35-26-36-49-75)86(97-66-74-46-33-25-34-47-74)85(96-65-73-44-31-24-32-45-73)83(100-88)70-93-63-72-42-29-23-30-43-72/h22-36,40-49,52-59,78,82-88H,4-21,37-39,50-51,60-70H2,1-3H3/t78-,82+,83?,84-,85-,86+,87-,88-/m0/s1. The highest BCUT2D eigenvalue weighted by Crippen LogP contribution is 2.35. The number of hydrogen-bond acceptors (Lipinski definition) is 12. The summed E-state index contributed by atoms with van der Waals surface area (Å²) in [6, 6.07) is 67.2. The molecule has 100 heavy (non-hydrogen) atoms. The third kappa shape index (κ3) is 31.0. The first kappa shape index (κ1) is 79.2. The summed E-state index contributed by atoms with van der Waals surface area (Å²) in [5.41, 5.74) is 7.25. The molecule has 1 aliphatic rings. The molecule has 8 rings (SSSR count). The first-order valence-corrected chi connectivity index (χ1v) is 37.9. The summed E-state index contributed by atoms with van der Waals surface area (Å²) in [7, 11) is 3.37. The van der Waals surface area contributed by atoms with Crippen LogP contribution in [-0.2, 0) is 93.7 Å². The molecule has 12 nitrogen and oxygen atoms in total. The number of hydrogen-bond donors (Lipinski definition) is 0. The summed E-state index contributed by atoms with van der Waals surface area (Å²) >= 11 is 0. The van der Waals surface area contributed by atoms with Gasteiger partial charge in [-0.3, -0.25) is 4.79 Å². The second-order valence-electron chi connectivity index (χ2n) is 27.1. The van der Waals surface area contributed by atoms with E-state index in [1.54, 1.807) is 14.2 Å². The van der Waals surface area contributed by atoms with Crippen molar-refractivity contribution >= 4 is 5.78 Å². The molecule has 0 bridgehead atoms. The number of rotatable bonds is 55. The summed E-state index contributed by atoms with van der Waals surface area (Å²) < 4.78 is 74.6. The number of carbonyl (C=O) groups excluding carboxylic acids is 1. The molecule has 0 amide bonds. The minimum Gasteiger partial charge on any atom is -0.497 e. The van der Waals surface area contributed by atoms with E-state index in [-0.39, 0.29) is 45.2 Å². The molecule has 0 saturated carbocycles. The van der Waals surface area contributed by atoms with E-state index in [0.717, 1.165) is 109 Å². The molecule has 7 aromatic rings. The van der Waals surface area contributed by atoms with E-state index in [1.165, 1.54) is 89.0 Å². The lowest BCUT2D eigenvalue weighted by Gasteiger charge is -2.46. The summed E-state index contributed by atoms with van der Waals surface area (Å²) in [4.78, 5) is 15.1. The molecular weight excluding hydrogens is 1250 g/mol. The van der Waals surface area contributed by atoms with Crippen LogP contribution in [0.3, 0.4) is 0 Å². The van der Waals surface area contributed by atoms with Gasteiger partial charge in [0.25, 0.3) is 0 Å². The largest absolute Gasteiger partial charge is 0.497 e. The quantitative estimate of drug-likeness (QED) is 0.0338.